The summed E-state index contributed by atoms with van der Waals surface area (Å²) in [7, 11) is 0. The summed E-state index contributed by atoms with van der Waals surface area (Å²) in [5.41, 5.74) is 0.279. The second-order valence-electron chi connectivity index (χ2n) is 5.87. The Kier molecular flexibility index (Phi) is 5.74. The lowest BCUT2D eigenvalue weighted by Crippen LogP contribution is -2.26. The van der Waals surface area contributed by atoms with Crippen LogP contribution in [0.2, 0.25) is 0 Å². The van der Waals surface area contributed by atoms with Gasteiger partial charge < -0.3 is 19.7 Å². The molecule has 2 N–H and O–H groups in total. The van der Waals surface area contributed by atoms with E-state index in [2.05, 4.69) is 10.3 Å². The van der Waals surface area contributed by atoms with E-state index in [1.165, 1.54) is 4.57 Å². The van der Waals surface area contributed by atoms with E-state index >= 15 is 0 Å². The zero-order valence-corrected chi connectivity index (χ0v) is 16.2. The third kappa shape index (κ3) is 3.74. The lowest BCUT2D eigenvalue weighted by atomic mass is 10.1. The number of aryl methyl sites for hydroxylation is 1. The number of carbonyl (C=O) groups is 2. The number of hydrogen-bond acceptors (Lipinski definition) is 7. The number of para-hydroxylation sites is 1. The van der Waals surface area contributed by atoms with Gasteiger partial charge in [0, 0.05) is 17.3 Å². The molecule has 0 atom stereocenters. The van der Waals surface area contributed by atoms with Gasteiger partial charge in [-0.2, -0.15) is 0 Å². The summed E-state index contributed by atoms with van der Waals surface area (Å²) in [4.78, 5) is 40.9. The van der Waals surface area contributed by atoms with Gasteiger partial charge in [-0.3, -0.25) is 14.4 Å². The first-order valence-electron chi connectivity index (χ1n) is 8.72. The average molecular weight is 401 g/mol. The summed E-state index contributed by atoms with van der Waals surface area (Å²) in [6.07, 6.45) is -0.0402. The summed E-state index contributed by atoms with van der Waals surface area (Å²) < 4.78 is 6.33. The fourth-order valence-electron chi connectivity index (χ4n) is 2.84. The van der Waals surface area contributed by atoms with Crippen molar-refractivity contribution in [3.63, 3.8) is 0 Å². The molecule has 0 fully saturated rings. The molecule has 9 heteroatoms. The standard InChI is InChI=1S/C19H19N3O5S/c1-3-22-13-8-6-5-7-12(13)16(24)15(19(22)26)21-17(25)18-20-11(10-28-18)9-14(23)27-4-2/h5-8,10,24H,3-4,9H2,1-2H3,(H,21,25). The lowest BCUT2D eigenvalue weighted by Gasteiger charge is -2.13. The van der Waals surface area contributed by atoms with Crippen LogP contribution in [0.1, 0.15) is 29.3 Å². The van der Waals surface area contributed by atoms with Crippen molar-refractivity contribution in [2.75, 3.05) is 11.9 Å². The number of hydrogen-bond donors (Lipinski definition) is 2. The number of ether oxygens (including phenoxy) is 1. The van der Waals surface area contributed by atoms with Gasteiger partial charge in [0.15, 0.2) is 16.4 Å². The fourth-order valence-corrected chi connectivity index (χ4v) is 3.55. The van der Waals surface area contributed by atoms with E-state index < -0.39 is 17.4 Å². The highest BCUT2D eigenvalue weighted by molar-refractivity contribution is 7.11. The maximum atomic E-state index is 12.7. The Morgan fingerprint density at radius 1 is 1.29 bits per heavy atom. The van der Waals surface area contributed by atoms with E-state index in [-0.39, 0.29) is 29.5 Å². The number of aromatic nitrogens is 2. The van der Waals surface area contributed by atoms with Crippen molar-refractivity contribution < 1.29 is 19.4 Å². The fraction of sp³-hybridized carbons (Fsp3) is 0.263. The minimum atomic E-state index is -0.634. The number of aromatic hydroxyl groups is 1. The molecule has 8 nitrogen and oxygen atoms in total. The Morgan fingerprint density at radius 2 is 2.04 bits per heavy atom. The third-order valence-corrected chi connectivity index (χ3v) is 4.97. The molecule has 28 heavy (non-hydrogen) atoms. The van der Waals surface area contributed by atoms with Crippen molar-refractivity contribution in [2.45, 2.75) is 26.8 Å². The quantitative estimate of drug-likeness (QED) is 0.614. The monoisotopic (exact) mass is 401 g/mol. The maximum absolute atomic E-state index is 12.7. The van der Waals surface area contributed by atoms with Crippen LogP contribution >= 0.6 is 11.3 Å². The minimum Gasteiger partial charge on any atom is -0.505 e. The molecule has 1 amide bonds. The van der Waals surface area contributed by atoms with E-state index in [0.29, 0.717) is 23.1 Å². The lowest BCUT2D eigenvalue weighted by molar-refractivity contribution is -0.142. The van der Waals surface area contributed by atoms with E-state index in [4.69, 9.17) is 4.74 Å². The topological polar surface area (TPSA) is 111 Å². The molecule has 0 saturated heterocycles. The number of fused-ring (bicyclic) bond motifs is 1. The van der Waals surface area contributed by atoms with Gasteiger partial charge in [-0.1, -0.05) is 12.1 Å². The summed E-state index contributed by atoms with van der Waals surface area (Å²) in [6.45, 7) is 4.15. The maximum Gasteiger partial charge on any atom is 0.311 e. The first kappa shape index (κ1) is 19.6. The molecule has 2 aromatic heterocycles. The number of rotatable bonds is 6. The molecule has 146 valence electrons. The van der Waals surface area contributed by atoms with E-state index in [0.717, 1.165) is 11.3 Å². The summed E-state index contributed by atoms with van der Waals surface area (Å²) in [5.74, 6) is -1.36. The molecule has 0 bridgehead atoms. The number of carbonyl (C=O) groups excluding carboxylic acids is 2. The number of nitrogens with zero attached hydrogens (tertiary/aromatic N) is 2. The Morgan fingerprint density at radius 3 is 2.75 bits per heavy atom. The molecule has 0 saturated carbocycles. The smallest absolute Gasteiger partial charge is 0.311 e. The van der Waals surface area contributed by atoms with Gasteiger partial charge in [0.1, 0.15) is 0 Å². The van der Waals surface area contributed by atoms with Gasteiger partial charge in [0.2, 0.25) is 0 Å². The van der Waals surface area contributed by atoms with Gasteiger partial charge in [0.05, 0.1) is 24.2 Å². The van der Waals surface area contributed by atoms with Crippen molar-refractivity contribution >= 4 is 39.8 Å². The van der Waals surface area contributed by atoms with Crippen molar-refractivity contribution in [3.8, 4) is 5.75 Å². The van der Waals surface area contributed by atoms with Gasteiger partial charge in [-0.15, -0.1) is 11.3 Å². The first-order valence-corrected chi connectivity index (χ1v) is 9.60. The number of benzene rings is 1. The molecule has 0 aliphatic rings. The number of amides is 1. The molecule has 3 aromatic rings. The van der Waals surface area contributed by atoms with Crippen LogP contribution in [0.4, 0.5) is 5.69 Å². The predicted octanol–water partition coefficient (Wildman–Crippen LogP) is 2.54. The number of thiazole rings is 1. The number of esters is 1. The molecule has 0 unspecified atom stereocenters. The minimum absolute atomic E-state index is 0.0402. The van der Waals surface area contributed by atoms with Gasteiger partial charge in [-0.25, -0.2) is 4.98 Å². The normalized spacial score (nSPS) is 10.8. The SMILES string of the molecule is CCOC(=O)Cc1csc(C(=O)Nc2c(O)c3ccccc3n(CC)c2=O)n1. The van der Waals surface area contributed by atoms with E-state index in [9.17, 15) is 19.5 Å². The van der Waals surface area contributed by atoms with Crippen LogP contribution in [0, 0.1) is 0 Å². The van der Waals surface area contributed by atoms with Crippen LogP contribution in [-0.2, 0) is 22.5 Å². The van der Waals surface area contributed by atoms with Gasteiger partial charge >= 0.3 is 5.97 Å². The molecular weight excluding hydrogens is 382 g/mol. The van der Waals surface area contributed by atoms with Crippen LogP contribution < -0.4 is 10.9 Å². The molecule has 0 aliphatic carbocycles. The van der Waals surface area contributed by atoms with Crippen LogP contribution in [0.5, 0.6) is 5.75 Å². The van der Waals surface area contributed by atoms with Crippen molar-refractivity contribution in [3.05, 3.63) is 50.7 Å². The Hall–Kier alpha value is -3.20. The third-order valence-electron chi connectivity index (χ3n) is 4.08. The first-order chi connectivity index (χ1) is 13.5. The molecular formula is C19H19N3O5S. The van der Waals surface area contributed by atoms with Crippen molar-refractivity contribution in [1.29, 1.82) is 0 Å². The zero-order valence-electron chi connectivity index (χ0n) is 15.4. The summed E-state index contributed by atoms with van der Waals surface area (Å²) in [6, 6.07) is 6.91. The highest BCUT2D eigenvalue weighted by Crippen LogP contribution is 2.30. The summed E-state index contributed by atoms with van der Waals surface area (Å²) >= 11 is 1.04. The Labute approximate surface area is 164 Å². The molecule has 0 aliphatic heterocycles. The highest BCUT2D eigenvalue weighted by Gasteiger charge is 2.20. The second kappa shape index (κ2) is 8.22. The highest BCUT2D eigenvalue weighted by atomic mass is 32.1. The molecule has 0 spiro atoms. The number of anilines is 1. The molecule has 3 rings (SSSR count). The van der Waals surface area contributed by atoms with Crippen molar-refractivity contribution in [2.24, 2.45) is 0 Å². The van der Waals surface area contributed by atoms with Crippen LogP contribution in [-0.4, -0.2) is 33.1 Å². The van der Waals surface area contributed by atoms with Gasteiger partial charge in [0.25, 0.3) is 11.5 Å². The molecule has 1 aromatic carbocycles. The van der Waals surface area contributed by atoms with Gasteiger partial charge in [-0.05, 0) is 26.0 Å². The summed E-state index contributed by atoms with van der Waals surface area (Å²) in [5, 5.41) is 15.1. The van der Waals surface area contributed by atoms with E-state index in [1.54, 1.807) is 43.5 Å². The largest absolute Gasteiger partial charge is 0.505 e. The predicted molar refractivity (Wildman–Crippen MR) is 106 cm³/mol. The number of pyridine rings is 1. The van der Waals surface area contributed by atoms with Crippen LogP contribution in [0.25, 0.3) is 10.9 Å². The Balaban J connectivity index is 1.91. The van der Waals surface area contributed by atoms with Crippen molar-refractivity contribution in [1.82, 2.24) is 9.55 Å². The second-order valence-corrected chi connectivity index (χ2v) is 6.73. The average Bonchev–Trinajstić information content (AvgIpc) is 3.14. The zero-order chi connectivity index (χ0) is 20.3. The Bertz CT molecular complexity index is 1100. The van der Waals surface area contributed by atoms with E-state index in [1.807, 2.05) is 0 Å². The van der Waals surface area contributed by atoms with Crippen LogP contribution in [0.3, 0.4) is 0 Å². The number of nitrogens with one attached hydrogen (secondary N) is 1. The van der Waals surface area contributed by atoms with Crippen LogP contribution in [0.15, 0.2) is 34.4 Å². The molecule has 0 radical (unpaired) electrons. The molecule has 2 heterocycles.